The van der Waals surface area contributed by atoms with E-state index in [0.29, 0.717) is 42.0 Å². The minimum atomic E-state index is -0.162. The Morgan fingerprint density at radius 2 is 1.82 bits per heavy atom. The Hall–Kier alpha value is -3.56. The van der Waals surface area contributed by atoms with Crippen molar-refractivity contribution in [2.75, 3.05) is 31.4 Å². The second kappa shape index (κ2) is 11.0. The van der Waals surface area contributed by atoms with Crippen molar-refractivity contribution in [3.8, 4) is 22.9 Å². The predicted molar refractivity (Wildman–Crippen MR) is 133 cm³/mol. The third kappa shape index (κ3) is 5.49. The SMILES string of the molecule is CCOc1ccc(NC(=O)CSc2nnc(-c3cc4ccccc4cc3O)n2CCOC)cc1. The van der Waals surface area contributed by atoms with Gasteiger partial charge in [0.1, 0.15) is 11.5 Å². The number of hydrogen-bond donors (Lipinski definition) is 2. The molecule has 0 bridgehead atoms. The van der Waals surface area contributed by atoms with Crippen molar-refractivity contribution in [2.45, 2.75) is 18.6 Å². The average Bonchev–Trinajstić information content (AvgIpc) is 3.24. The van der Waals surface area contributed by atoms with Gasteiger partial charge in [-0.1, -0.05) is 36.0 Å². The fraction of sp³-hybridized carbons (Fsp3) is 0.240. The summed E-state index contributed by atoms with van der Waals surface area (Å²) in [4.78, 5) is 12.5. The summed E-state index contributed by atoms with van der Waals surface area (Å²) in [6, 6.07) is 18.6. The van der Waals surface area contributed by atoms with Gasteiger partial charge in [-0.15, -0.1) is 10.2 Å². The van der Waals surface area contributed by atoms with Gasteiger partial charge in [-0.25, -0.2) is 0 Å². The Morgan fingerprint density at radius 1 is 1.09 bits per heavy atom. The van der Waals surface area contributed by atoms with Crippen LogP contribution in [0.15, 0.2) is 65.8 Å². The van der Waals surface area contributed by atoms with E-state index in [9.17, 15) is 9.90 Å². The van der Waals surface area contributed by atoms with E-state index in [0.717, 1.165) is 16.5 Å². The molecule has 0 unspecified atom stereocenters. The summed E-state index contributed by atoms with van der Waals surface area (Å²) in [5.74, 6) is 1.39. The molecule has 0 aliphatic heterocycles. The highest BCUT2D eigenvalue weighted by atomic mass is 32.2. The third-order valence-corrected chi connectivity index (χ3v) is 6.09. The number of thioether (sulfide) groups is 1. The molecule has 2 N–H and O–H groups in total. The van der Waals surface area contributed by atoms with Crippen molar-refractivity contribution in [3.05, 3.63) is 60.7 Å². The molecule has 8 nitrogen and oxygen atoms in total. The molecule has 0 saturated carbocycles. The molecule has 34 heavy (non-hydrogen) atoms. The first kappa shape index (κ1) is 23.6. The number of hydrogen-bond acceptors (Lipinski definition) is 7. The molecule has 4 aromatic rings. The van der Waals surface area contributed by atoms with E-state index >= 15 is 0 Å². The Labute approximate surface area is 201 Å². The van der Waals surface area contributed by atoms with Crippen molar-refractivity contribution in [2.24, 2.45) is 0 Å². The van der Waals surface area contributed by atoms with Gasteiger partial charge in [0.25, 0.3) is 0 Å². The number of phenols is 1. The largest absolute Gasteiger partial charge is 0.507 e. The average molecular weight is 479 g/mol. The standard InChI is InChI=1S/C25H26N4O4S/c1-3-33-20-10-8-19(9-11-20)26-23(31)16-34-25-28-27-24(29(25)12-13-32-2)21-14-17-6-4-5-7-18(17)15-22(21)30/h4-11,14-15,30H,3,12-13,16H2,1-2H3,(H,26,31). The monoisotopic (exact) mass is 478 g/mol. The van der Waals surface area contributed by atoms with Crippen LogP contribution in [-0.2, 0) is 16.1 Å². The first-order valence-electron chi connectivity index (χ1n) is 10.9. The van der Waals surface area contributed by atoms with Crippen molar-refractivity contribution >= 4 is 34.1 Å². The number of ether oxygens (including phenoxy) is 2. The van der Waals surface area contributed by atoms with Crippen LogP contribution in [0.1, 0.15) is 6.92 Å². The zero-order valence-electron chi connectivity index (χ0n) is 19.0. The summed E-state index contributed by atoms with van der Waals surface area (Å²) < 4.78 is 12.5. The molecule has 9 heteroatoms. The van der Waals surface area contributed by atoms with Crippen molar-refractivity contribution in [3.63, 3.8) is 0 Å². The minimum Gasteiger partial charge on any atom is -0.507 e. The lowest BCUT2D eigenvalue weighted by atomic mass is 10.1. The number of amides is 1. The molecule has 0 saturated heterocycles. The van der Waals surface area contributed by atoms with Gasteiger partial charge in [0.15, 0.2) is 11.0 Å². The number of carbonyl (C=O) groups is 1. The van der Waals surface area contributed by atoms with Crippen LogP contribution in [0, 0.1) is 0 Å². The zero-order chi connectivity index (χ0) is 23.9. The third-order valence-electron chi connectivity index (χ3n) is 5.12. The van der Waals surface area contributed by atoms with Gasteiger partial charge in [0.05, 0.1) is 31.1 Å². The fourth-order valence-corrected chi connectivity index (χ4v) is 4.28. The highest BCUT2D eigenvalue weighted by molar-refractivity contribution is 7.99. The summed E-state index contributed by atoms with van der Waals surface area (Å²) >= 11 is 1.28. The molecule has 0 aliphatic rings. The summed E-state index contributed by atoms with van der Waals surface area (Å²) in [5, 5.41) is 24.7. The maximum atomic E-state index is 12.5. The first-order valence-corrected chi connectivity index (χ1v) is 11.9. The van der Waals surface area contributed by atoms with Crippen molar-refractivity contribution in [1.29, 1.82) is 0 Å². The van der Waals surface area contributed by atoms with E-state index in [4.69, 9.17) is 9.47 Å². The number of nitrogens with one attached hydrogen (secondary N) is 1. The summed E-state index contributed by atoms with van der Waals surface area (Å²) in [5.41, 5.74) is 1.27. The molecule has 0 fully saturated rings. The van der Waals surface area contributed by atoms with Gasteiger partial charge in [-0.2, -0.15) is 0 Å². The Bertz CT molecular complexity index is 1270. The second-order valence-electron chi connectivity index (χ2n) is 7.46. The van der Waals surface area contributed by atoms with E-state index in [-0.39, 0.29) is 17.4 Å². The Balaban J connectivity index is 1.51. The van der Waals surface area contributed by atoms with E-state index in [2.05, 4.69) is 15.5 Å². The maximum absolute atomic E-state index is 12.5. The van der Waals surface area contributed by atoms with Crippen molar-refractivity contribution in [1.82, 2.24) is 14.8 Å². The molecule has 0 radical (unpaired) electrons. The smallest absolute Gasteiger partial charge is 0.234 e. The molecule has 0 aliphatic carbocycles. The van der Waals surface area contributed by atoms with E-state index in [1.54, 1.807) is 25.3 Å². The Morgan fingerprint density at radius 3 is 2.53 bits per heavy atom. The molecule has 0 atom stereocenters. The van der Waals surface area contributed by atoms with E-state index in [1.165, 1.54) is 11.8 Å². The number of anilines is 1. The van der Waals surface area contributed by atoms with Crippen LogP contribution in [0.25, 0.3) is 22.2 Å². The molecular weight excluding hydrogens is 452 g/mol. The number of benzene rings is 3. The number of carbonyl (C=O) groups excluding carboxylic acids is 1. The van der Waals surface area contributed by atoms with Crippen LogP contribution < -0.4 is 10.1 Å². The van der Waals surface area contributed by atoms with Gasteiger partial charge in [0.2, 0.25) is 5.91 Å². The number of methoxy groups -OCH3 is 1. The topological polar surface area (TPSA) is 98.5 Å². The summed E-state index contributed by atoms with van der Waals surface area (Å²) in [7, 11) is 1.62. The molecule has 1 amide bonds. The van der Waals surface area contributed by atoms with Gasteiger partial charge in [-0.05, 0) is 54.1 Å². The van der Waals surface area contributed by atoms with E-state index in [1.807, 2.05) is 54.0 Å². The number of nitrogens with zero attached hydrogens (tertiary/aromatic N) is 3. The summed E-state index contributed by atoms with van der Waals surface area (Å²) in [6.45, 7) is 3.43. The lowest BCUT2D eigenvalue weighted by molar-refractivity contribution is -0.113. The van der Waals surface area contributed by atoms with Crippen LogP contribution in [0.2, 0.25) is 0 Å². The van der Waals surface area contributed by atoms with Gasteiger partial charge in [0, 0.05) is 12.8 Å². The normalized spacial score (nSPS) is 11.0. The molecule has 0 spiro atoms. The zero-order valence-corrected chi connectivity index (χ0v) is 19.8. The summed E-state index contributed by atoms with van der Waals surface area (Å²) in [6.07, 6.45) is 0. The lowest BCUT2D eigenvalue weighted by Crippen LogP contribution is -2.15. The van der Waals surface area contributed by atoms with Crippen LogP contribution >= 0.6 is 11.8 Å². The van der Waals surface area contributed by atoms with E-state index < -0.39 is 0 Å². The number of aromatic hydroxyl groups is 1. The van der Waals surface area contributed by atoms with Gasteiger partial charge in [-0.3, -0.25) is 9.36 Å². The van der Waals surface area contributed by atoms with Gasteiger partial charge >= 0.3 is 0 Å². The number of phenolic OH excluding ortho intramolecular Hbond substituents is 1. The molecule has 4 rings (SSSR count). The second-order valence-corrected chi connectivity index (χ2v) is 8.40. The lowest BCUT2D eigenvalue weighted by Gasteiger charge is -2.12. The number of rotatable bonds is 10. The van der Waals surface area contributed by atoms with Crippen LogP contribution in [0.4, 0.5) is 5.69 Å². The van der Waals surface area contributed by atoms with Crippen LogP contribution in [-0.4, -0.2) is 51.9 Å². The highest BCUT2D eigenvalue weighted by Crippen LogP contribution is 2.34. The van der Waals surface area contributed by atoms with Gasteiger partial charge < -0.3 is 19.9 Å². The minimum absolute atomic E-state index is 0.120. The molecular formula is C25H26N4O4S. The predicted octanol–water partition coefficient (Wildman–Crippen LogP) is 4.58. The first-order chi connectivity index (χ1) is 16.6. The van der Waals surface area contributed by atoms with Crippen molar-refractivity contribution < 1.29 is 19.4 Å². The Kier molecular flexibility index (Phi) is 7.66. The molecule has 1 aromatic heterocycles. The quantitative estimate of drug-likeness (QED) is 0.322. The highest BCUT2D eigenvalue weighted by Gasteiger charge is 2.19. The number of fused-ring (bicyclic) bond motifs is 1. The van der Waals surface area contributed by atoms with Crippen LogP contribution in [0.5, 0.6) is 11.5 Å². The maximum Gasteiger partial charge on any atom is 0.234 e. The molecule has 3 aromatic carbocycles. The molecule has 176 valence electrons. The molecule has 1 heterocycles. The van der Waals surface area contributed by atoms with Crippen LogP contribution in [0.3, 0.4) is 0 Å². The number of aromatic nitrogens is 3. The fourth-order valence-electron chi connectivity index (χ4n) is 3.51.